The van der Waals surface area contributed by atoms with Gasteiger partial charge in [0.15, 0.2) is 0 Å². The zero-order valence-corrected chi connectivity index (χ0v) is 8.83. The monoisotopic (exact) mass is 261 g/mol. The Labute approximate surface area is 98.4 Å². The predicted octanol–water partition coefficient (Wildman–Crippen LogP) is 2.35. The van der Waals surface area contributed by atoms with Gasteiger partial charge in [-0.1, -0.05) is 5.16 Å². The van der Waals surface area contributed by atoms with E-state index < -0.39 is 17.6 Å². The van der Waals surface area contributed by atoms with E-state index in [-0.39, 0.29) is 23.8 Å². The molecule has 0 fully saturated rings. The molecule has 0 unspecified atom stereocenters. The van der Waals surface area contributed by atoms with Crippen LogP contribution in [-0.2, 0) is 12.7 Å². The van der Waals surface area contributed by atoms with Crippen LogP contribution in [0.1, 0.15) is 11.5 Å². The summed E-state index contributed by atoms with van der Waals surface area (Å²) in [6.07, 6.45) is -4.78. The van der Waals surface area contributed by atoms with Crippen molar-refractivity contribution in [3.63, 3.8) is 0 Å². The summed E-state index contributed by atoms with van der Waals surface area (Å²) in [5.74, 6) is -1.34. The van der Waals surface area contributed by atoms with Gasteiger partial charge in [0.2, 0.25) is 11.7 Å². The molecule has 0 aliphatic carbocycles. The van der Waals surface area contributed by atoms with Gasteiger partial charge >= 0.3 is 6.18 Å². The quantitative estimate of drug-likeness (QED) is 0.843. The normalized spacial score (nSPS) is 11.8. The van der Waals surface area contributed by atoms with Gasteiger partial charge in [-0.15, -0.1) is 0 Å². The highest BCUT2D eigenvalue weighted by atomic mass is 19.4. The average Bonchev–Trinajstić information content (AvgIpc) is 2.76. The topological polar surface area (TPSA) is 64.9 Å². The first-order valence-corrected chi connectivity index (χ1v) is 4.81. The molecule has 2 rings (SSSR count). The maximum Gasteiger partial charge on any atom is 0.419 e. The molecule has 18 heavy (non-hydrogen) atoms. The Morgan fingerprint density at radius 2 is 2.00 bits per heavy atom. The van der Waals surface area contributed by atoms with E-state index in [1.165, 1.54) is 0 Å². The van der Waals surface area contributed by atoms with Crippen LogP contribution in [0.25, 0.3) is 11.4 Å². The number of alkyl halides is 3. The molecule has 1 heterocycles. The number of aromatic nitrogens is 2. The molecule has 0 saturated heterocycles. The fraction of sp³-hybridized carbons (Fsp3) is 0.200. The molecule has 1 aromatic heterocycles. The lowest BCUT2D eigenvalue weighted by atomic mass is 10.1. The second kappa shape index (κ2) is 4.37. The molecule has 0 atom stereocenters. The third kappa shape index (κ3) is 2.33. The number of hydrogen-bond acceptors (Lipinski definition) is 4. The lowest BCUT2D eigenvalue weighted by molar-refractivity contribution is -0.139. The third-order valence-electron chi connectivity index (χ3n) is 2.17. The van der Waals surface area contributed by atoms with Crippen molar-refractivity contribution in [1.29, 1.82) is 0 Å². The zero-order chi connectivity index (χ0) is 13.3. The molecule has 0 aliphatic heterocycles. The van der Waals surface area contributed by atoms with Crippen molar-refractivity contribution in [2.75, 3.05) is 0 Å². The molecule has 0 radical (unpaired) electrons. The average molecular weight is 261 g/mol. The molecule has 0 amide bonds. The molecule has 0 saturated carbocycles. The van der Waals surface area contributed by atoms with E-state index in [0.717, 1.165) is 6.07 Å². The van der Waals surface area contributed by atoms with Crippen LogP contribution in [-0.4, -0.2) is 10.1 Å². The molecule has 0 aliphatic rings. The number of rotatable bonds is 2. The Morgan fingerprint density at radius 3 is 2.56 bits per heavy atom. The lowest BCUT2D eigenvalue weighted by Crippen LogP contribution is -2.08. The van der Waals surface area contributed by atoms with E-state index >= 15 is 0 Å². The number of nitrogens with two attached hydrogens (primary N) is 1. The van der Waals surface area contributed by atoms with Gasteiger partial charge in [-0.2, -0.15) is 18.2 Å². The minimum atomic E-state index is -4.78. The maximum absolute atomic E-state index is 13.0. The van der Waals surface area contributed by atoms with Crippen LogP contribution in [0.5, 0.6) is 0 Å². The van der Waals surface area contributed by atoms with Crippen LogP contribution < -0.4 is 5.73 Å². The predicted molar refractivity (Wildman–Crippen MR) is 52.6 cm³/mol. The summed E-state index contributed by atoms with van der Waals surface area (Å²) >= 11 is 0. The van der Waals surface area contributed by atoms with Gasteiger partial charge in [0.05, 0.1) is 12.1 Å². The first-order chi connectivity index (χ1) is 8.41. The molecular weight excluding hydrogens is 254 g/mol. The Bertz CT molecular complexity index is 564. The number of halogens is 4. The SMILES string of the molecule is NCc1nc(-c2ccc(F)c(C(F)(F)F)c2)no1. The van der Waals surface area contributed by atoms with Gasteiger partial charge in [-0.25, -0.2) is 4.39 Å². The van der Waals surface area contributed by atoms with Crippen molar-refractivity contribution >= 4 is 0 Å². The van der Waals surface area contributed by atoms with Gasteiger partial charge in [-0.05, 0) is 18.2 Å². The highest BCUT2D eigenvalue weighted by Crippen LogP contribution is 2.33. The molecule has 96 valence electrons. The Balaban J connectivity index is 2.47. The minimum absolute atomic E-state index is 0.00664. The van der Waals surface area contributed by atoms with E-state index in [1.807, 2.05) is 0 Å². The molecule has 1 aromatic carbocycles. The van der Waals surface area contributed by atoms with Crippen LogP contribution in [0.2, 0.25) is 0 Å². The summed E-state index contributed by atoms with van der Waals surface area (Å²) in [5, 5.41) is 3.45. The standard InChI is InChI=1S/C10H7F4N3O/c11-7-2-1-5(3-6(7)10(12,13)14)9-16-8(4-15)18-17-9/h1-3H,4,15H2. The van der Waals surface area contributed by atoms with Crippen LogP contribution >= 0.6 is 0 Å². The molecule has 2 N–H and O–H groups in total. The first kappa shape index (κ1) is 12.5. The first-order valence-electron chi connectivity index (χ1n) is 4.81. The molecule has 0 spiro atoms. The van der Waals surface area contributed by atoms with Crippen LogP contribution in [0.3, 0.4) is 0 Å². The zero-order valence-electron chi connectivity index (χ0n) is 8.83. The molecule has 4 nitrogen and oxygen atoms in total. The van der Waals surface area contributed by atoms with Crippen molar-refractivity contribution in [1.82, 2.24) is 10.1 Å². The smallest absolute Gasteiger partial charge is 0.338 e. The highest BCUT2D eigenvalue weighted by molar-refractivity contribution is 5.56. The summed E-state index contributed by atoms with van der Waals surface area (Å²) in [4.78, 5) is 3.76. The van der Waals surface area contributed by atoms with Gasteiger partial charge in [0.1, 0.15) is 5.82 Å². The van der Waals surface area contributed by atoms with Gasteiger partial charge in [0, 0.05) is 5.56 Å². The summed E-state index contributed by atoms with van der Waals surface area (Å²) in [6, 6.07) is 2.47. The summed E-state index contributed by atoms with van der Waals surface area (Å²) in [6.45, 7) is -0.0275. The van der Waals surface area contributed by atoms with E-state index in [2.05, 4.69) is 14.7 Å². The molecule has 0 bridgehead atoms. The Kier molecular flexibility index (Phi) is 3.04. The molecular formula is C10H7F4N3O. The van der Waals surface area contributed by atoms with E-state index in [1.54, 1.807) is 0 Å². The Morgan fingerprint density at radius 1 is 1.28 bits per heavy atom. The summed E-state index contributed by atoms with van der Waals surface area (Å²) in [5.41, 5.74) is 3.86. The van der Waals surface area contributed by atoms with Gasteiger partial charge < -0.3 is 10.3 Å². The van der Waals surface area contributed by atoms with Gasteiger partial charge in [-0.3, -0.25) is 0 Å². The van der Waals surface area contributed by atoms with Crippen molar-refractivity contribution in [3.05, 3.63) is 35.5 Å². The van der Waals surface area contributed by atoms with Crippen molar-refractivity contribution < 1.29 is 22.1 Å². The fourth-order valence-corrected chi connectivity index (χ4v) is 1.34. The van der Waals surface area contributed by atoms with E-state index in [9.17, 15) is 17.6 Å². The largest absolute Gasteiger partial charge is 0.419 e. The minimum Gasteiger partial charge on any atom is -0.338 e. The fourth-order valence-electron chi connectivity index (χ4n) is 1.34. The molecule has 8 heteroatoms. The number of nitrogens with zero attached hydrogens (tertiary/aromatic N) is 2. The third-order valence-corrected chi connectivity index (χ3v) is 2.17. The van der Waals surface area contributed by atoms with Crippen LogP contribution in [0, 0.1) is 5.82 Å². The molecule has 2 aromatic rings. The Hall–Kier alpha value is -1.96. The van der Waals surface area contributed by atoms with Crippen molar-refractivity contribution in [2.45, 2.75) is 12.7 Å². The van der Waals surface area contributed by atoms with Crippen molar-refractivity contribution in [2.24, 2.45) is 5.73 Å². The van der Waals surface area contributed by atoms with E-state index in [0.29, 0.717) is 12.1 Å². The second-order valence-electron chi connectivity index (χ2n) is 3.41. The summed E-state index contributed by atoms with van der Waals surface area (Å²) < 4.78 is 55.2. The van der Waals surface area contributed by atoms with Crippen molar-refractivity contribution in [3.8, 4) is 11.4 Å². The number of hydrogen-bond donors (Lipinski definition) is 1. The maximum atomic E-state index is 13.0. The van der Waals surface area contributed by atoms with Crippen LogP contribution in [0.15, 0.2) is 22.7 Å². The van der Waals surface area contributed by atoms with E-state index in [4.69, 9.17) is 5.73 Å². The highest BCUT2D eigenvalue weighted by Gasteiger charge is 2.34. The number of benzene rings is 1. The van der Waals surface area contributed by atoms with Gasteiger partial charge in [0.25, 0.3) is 0 Å². The second-order valence-corrected chi connectivity index (χ2v) is 3.41. The summed E-state index contributed by atoms with van der Waals surface area (Å²) in [7, 11) is 0. The van der Waals surface area contributed by atoms with Crippen LogP contribution in [0.4, 0.5) is 17.6 Å². The lowest BCUT2D eigenvalue weighted by Gasteiger charge is -2.08.